The van der Waals surface area contributed by atoms with Crippen LogP contribution in [0.5, 0.6) is 0 Å². The van der Waals surface area contributed by atoms with Crippen LogP contribution in [0.4, 0.5) is 11.6 Å². The maximum Gasteiger partial charge on any atom is 0.350 e. The van der Waals surface area contributed by atoms with E-state index < -0.39 is 27.9 Å². The zero-order valence-electron chi connectivity index (χ0n) is 23.2. The number of hydrogen-bond acceptors (Lipinski definition) is 14. The Hall–Kier alpha value is -3.16. The highest BCUT2D eigenvalue weighted by Gasteiger charge is 2.19. The van der Waals surface area contributed by atoms with Gasteiger partial charge < -0.3 is 60.1 Å². The Morgan fingerprint density at radius 2 is 1.21 bits per heavy atom. The molecule has 2 unspecified atom stereocenters. The molecule has 0 amide bonds. The molecule has 4 aromatic rings. The first kappa shape index (κ1) is 34.3. The smallest absolute Gasteiger partial charge is 0.350 e. The molecule has 0 saturated carbocycles. The number of imidazole rings is 2. The van der Waals surface area contributed by atoms with Gasteiger partial charge in [0.1, 0.15) is 36.4 Å². The molecule has 0 saturated heterocycles. The van der Waals surface area contributed by atoms with Crippen LogP contribution >= 0.6 is 15.2 Å². The molecule has 0 aliphatic heterocycles. The highest BCUT2D eigenvalue weighted by molar-refractivity contribution is 7.51. The van der Waals surface area contributed by atoms with Crippen molar-refractivity contribution in [2.45, 2.75) is 24.9 Å². The summed E-state index contributed by atoms with van der Waals surface area (Å²) in [5.41, 5.74) is 19.3. The topological polar surface area (TPSA) is 308 Å². The van der Waals surface area contributed by atoms with Crippen molar-refractivity contribution in [2.75, 3.05) is 57.6 Å². The molecule has 4 heterocycles. The third-order valence-electron chi connectivity index (χ3n) is 5.90. The molecule has 0 radical (unpaired) electrons. The summed E-state index contributed by atoms with van der Waals surface area (Å²) < 4.78 is 40.1. The second-order valence-corrected chi connectivity index (χ2v) is 12.3. The summed E-state index contributed by atoms with van der Waals surface area (Å²) in [6.07, 6.45) is 5.57. The van der Waals surface area contributed by atoms with E-state index in [4.69, 9.17) is 51.0 Å². The molecular formula is C21H35N11O9P2. The zero-order valence-corrected chi connectivity index (χ0v) is 24.9. The second kappa shape index (κ2) is 15.5. The van der Waals surface area contributed by atoms with E-state index >= 15 is 0 Å². The van der Waals surface area contributed by atoms with E-state index in [0.717, 1.165) is 0 Å². The molecule has 238 valence electrons. The Morgan fingerprint density at radius 3 is 1.63 bits per heavy atom. The van der Waals surface area contributed by atoms with E-state index in [1.54, 1.807) is 28.9 Å². The molecule has 2 atom stereocenters. The molecule has 10 N–H and O–H groups in total. The van der Waals surface area contributed by atoms with Crippen LogP contribution in [0, 0.1) is 0 Å². The molecule has 0 spiro atoms. The van der Waals surface area contributed by atoms with Gasteiger partial charge in [-0.15, -0.1) is 0 Å². The van der Waals surface area contributed by atoms with Gasteiger partial charge in [0, 0.05) is 26.9 Å². The van der Waals surface area contributed by atoms with Crippen LogP contribution in [0.15, 0.2) is 25.3 Å². The van der Waals surface area contributed by atoms with Gasteiger partial charge >= 0.3 is 15.2 Å². The van der Waals surface area contributed by atoms with Gasteiger partial charge in [0.15, 0.2) is 22.9 Å². The monoisotopic (exact) mass is 647 g/mol. The molecule has 0 bridgehead atoms. The molecule has 20 nitrogen and oxygen atoms in total. The van der Waals surface area contributed by atoms with E-state index in [-0.39, 0.29) is 36.9 Å². The Morgan fingerprint density at radius 1 is 0.767 bits per heavy atom. The second-order valence-electron chi connectivity index (χ2n) is 9.15. The number of nitrogen functional groups attached to an aromatic ring is 2. The van der Waals surface area contributed by atoms with Crippen LogP contribution in [-0.4, -0.2) is 105 Å². The summed E-state index contributed by atoms with van der Waals surface area (Å²) in [6.45, 7) is 0.996. The van der Waals surface area contributed by atoms with Crippen molar-refractivity contribution in [3.8, 4) is 0 Å². The van der Waals surface area contributed by atoms with Crippen LogP contribution in [0.1, 0.15) is 24.9 Å². The lowest BCUT2D eigenvalue weighted by Crippen LogP contribution is -2.21. The van der Waals surface area contributed by atoms with Gasteiger partial charge in [0.2, 0.25) is 0 Å². The summed E-state index contributed by atoms with van der Waals surface area (Å²) in [6, 6.07) is -0.317. The SMILES string of the molecule is COCC(CCOCP(=O)(O)O)n1cnc2c(N)ncnc21.NCC(CCOCP(=O)(O)O)n1cnc2c(N)ncnc21. The highest BCUT2D eigenvalue weighted by atomic mass is 31.2. The Balaban J connectivity index is 0.000000236. The van der Waals surface area contributed by atoms with Crippen molar-refractivity contribution in [3.05, 3.63) is 25.3 Å². The minimum Gasteiger partial charge on any atom is -0.383 e. The van der Waals surface area contributed by atoms with Crippen molar-refractivity contribution in [1.29, 1.82) is 0 Å². The number of hydrogen-bond donors (Lipinski definition) is 7. The van der Waals surface area contributed by atoms with Crippen LogP contribution in [-0.2, 0) is 23.3 Å². The lowest BCUT2D eigenvalue weighted by molar-refractivity contribution is 0.109. The van der Waals surface area contributed by atoms with E-state index in [1.165, 1.54) is 12.7 Å². The first-order chi connectivity index (χ1) is 20.3. The van der Waals surface area contributed by atoms with E-state index in [1.807, 2.05) is 0 Å². The first-order valence-corrected chi connectivity index (χ1v) is 16.2. The van der Waals surface area contributed by atoms with Gasteiger partial charge in [0.25, 0.3) is 0 Å². The summed E-state index contributed by atoms with van der Waals surface area (Å²) in [7, 11) is -6.74. The molecule has 0 aliphatic rings. The third kappa shape index (κ3) is 10.2. The molecule has 43 heavy (non-hydrogen) atoms. The summed E-state index contributed by atoms with van der Waals surface area (Å²) in [5, 5.41) is 0. The van der Waals surface area contributed by atoms with Crippen molar-refractivity contribution in [3.63, 3.8) is 0 Å². The van der Waals surface area contributed by atoms with Gasteiger partial charge in [-0.3, -0.25) is 9.13 Å². The van der Waals surface area contributed by atoms with Crippen LogP contribution in [0.3, 0.4) is 0 Å². The molecule has 22 heteroatoms. The number of nitrogens with zero attached hydrogens (tertiary/aromatic N) is 8. The summed E-state index contributed by atoms with van der Waals surface area (Å²) >= 11 is 0. The highest BCUT2D eigenvalue weighted by Crippen LogP contribution is 2.34. The maximum absolute atomic E-state index is 10.7. The number of ether oxygens (including phenoxy) is 3. The zero-order chi connectivity index (χ0) is 31.6. The number of anilines is 2. The van der Waals surface area contributed by atoms with Crippen molar-refractivity contribution >= 4 is 49.2 Å². The van der Waals surface area contributed by atoms with E-state index in [0.29, 0.717) is 48.3 Å². The number of nitrogens with two attached hydrogens (primary N) is 3. The fourth-order valence-electron chi connectivity index (χ4n) is 3.95. The van der Waals surface area contributed by atoms with Crippen molar-refractivity contribution < 1.29 is 42.9 Å². The number of fused-ring (bicyclic) bond motifs is 2. The lowest BCUT2D eigenvalue weighted by Gasteiger charge is -2.18. The molecule has 0 aliphatic carbocycles. The fourth-order valence-corrected chi connectivity index (χ4v) is 4.68. The van der Waals surface area contributed by atoms with Gasteiger partial charge in [-0.1, -0.05) is 0 Å². The summed E-state index contributed by atoms with van der Waals surface area (Å²) in [5.74, 6) is 0.574. The molecule has 0 fully saturated rings. The van der Waals surface area contributed by atoms with Crippen molar-refractivity contribution in [2.24, 2.45) is 5.73 Å². The molecule has 4 rings (SSSR count). The molecular weight excluding hydrogens is 612 g/mol. The standard InChI is InChI=1S/C11H18N5O5P.C10H17N6O4P/c1-20-4-8(2-3-21-7-22(17,18)19)16-6-15-9-10(12)13-5-14-11(9)16;11-3-7(1-2-20-6-21(17,18)19)16-5-15-8-9(12)13-4-14-10(8)16/h5-6,8H,2-4,7H2,1H3,(H2,12,13,14)(H2,17,18,19);4-5,7H,1-3,6,11H2,(H2,12,13,14)(H2,17,18,19). The Kier molecular flexibility index (Phi) is 12.4. The number of aromatic nitrogens is 8. The van der Waals surface area contributed by atoms with Gasteiger partial charge in [0.05, 0.1) is 31.3 Å². The normalized spacial score (nSPS) is 13.6. The minimum atomic E-state index is -4.16. The fraction of sp³-hybridized carbons (Fsp3) is 0.524. The number of methoxy groups -OCH3 is 1. The Labute approximate surface area is 244 Å². The average Bonchev–Trinajstić information content (AvgIpc) is 3.56. The average molecular weight is 648 g/mol. The Bertz CT molecular complexity index is 1560. The van der Waals surface area contributed by atoms with Crippen LogP contribution in [0.2, 0.25) is 0 Å². The first-order valence-electron chi connectivity index (χ1n) is 12.6. The quantitative estimate of drug-likeness (QED) is 0.0636. The largest absolute Gasteiger partial charge is 0.383 e. The predicted molar refractivity (Wildman–Crippen MR) is 153 cm³/mol. The van der Waals surface area contributed by atoms with Gasteiger partial charge in [-0.05, 0) is 12.8 Å². The number of rotatable bonds is 15. The van der Waals surface area contributed by atoms with Crippen LogP contribution < -0.4 is 17.2 Å². The van der Waals surface area contributed by atoms with Crippen molar-refractivity contribution in [1.82, 2.24) is 39.0 Å². The minimum absolute atomic E-state index is 0.152. The lowest BCUT2D eigenvalue weighted by atomic mass is 10.2. The van der Waals surface area contributed by atoms with E-state index in [2.05, 4.69) is 29.9 Å². The predicted octanol–water partition coefficient (Wildman–Crippen LogP) is -0.412. The van der Waals surface area contributed by atoms with Gasteiger partial charge in [-0.25, -0.2) is 29.9 Å². The van der Waals surface area contributed by atoms with E-state index in [9.17, 15) is 9.13 Å². The third-order valence-corrected chi connectivity index (χ3v) is 6.94. The maximum atomic E-state index is 10.7. The molecule has 0 aromatic carbocycles. The molecule has 4 aromatic heterocycles. The van der Waals surface area contributed by atoms with Gasteiger partial charge in [-0.2, -0.15) is 0 Å². The summed E-state index contributed by atoms with van der Waals surface area (Å²) in [4.78, 5) is 59.3. The van der Waals surface area contributed by atoms with Crippen LogP contribution in [0.25, 0.3) is 22.3 Å².